The molecule has 21 heavy (non-hydrogen) atoms. The Bertz CT molecular complexity index is 710. The number of fused-ring (bicyclic) bond motifs is 1. The molecule has 1 atom stereocenters. The Balaban J connectivity index is 1.84. The van der Waals surface area contributed by atoms with Gasteiger partial charge in [-0.05, 0) is 31.0 Å². The van der Waals surface area contributed by atoms with E-state index in [0.717, 1.165) is 21.8 Å². The molecule has 1 aliphatic rings. The fourth-order valence-corrected chi connectivity index (χ4v) is 3.11. The molecule has 5 nitrogen and oxygen atoms in total. The van der Waals surface area contributed by atoms with Crippen molar-refractivity contribution in [1.82, 2.24) is 9.88 Å². The first-order valence-corrected chi connectivity index (χ1v) is 7.64. The lowest BCUT2D eigenvalue weighted by Gasteiger charge is -2.30. The van der Waals surface area contributed by atoms with E-state index in [-0.39, 0.29) is 12.5 Å². The van der Waals surface area contributed by atoms with Crippen LogP contribution in [0.4, 0.5) is 0 Å². The smallest absolute Gasteiger partial charge is 0.308 e. The van der Waals surface area contributed by atoms with Crippen molar-refractivity contribution in [2.24, 2.45) is 5.92 Å². The van der Waals surface area contributed by atoms with Crippen molar-refractivity contribution in [3.63, 3.8) is 0 Å². The Morgan fingerprint density at radius 2 is 2.14 bits per heavy atom. The highest BCUT2D eigenvalue weighted by Gasteiger charge is 2.29. The highest BCUT2D eigenvalue weighted by Crippen LogP contribution is 2.23. The number of rotatable bonds is 2. The van der Waals surface area contributed by atoms with E-state index >= 15 is 0 Å². The van der Waals surface area contributed by atoms with Crippen molar-refractivity contribution in [2.45, 2.75) is 12.8 Å². The minimum absolute atomic E-state index is 0.131. The van der Waals surface area contributed by atoms with Gasteiger partial charge < -0.3 is 15.0 Å². The normalized spacial score (nSPS) is 18.9. The van der Waals surface area contributed by atoms with Crippen LogP contribution in [0.1, 0.15) is 23.3 Å². The van der Waals surface area contributed by atoms with Crippen LogP contribution in [0.2, 0.25) is 0 Å². The van der Waals surface area contributed by atoms with Gasteiger partial charge in [0.05, 0.1) is 5.92 Å². The Hall–Kier alpha value is -1.82. The molecule has 0 radical (unpaired) electrons. The number of carboxylic acid groups (broad SMARTS) is 1. The quantitative estimate of drug-likeness (QED) is 0.874. The molecule has 2 N–H and O–H groups in total. The Kier molecular flexibility index (Phi) is 3.71. The van der Waals surface area contributed by atoms with Crippen molar-refractivity contribution >= 4 is 38.7 Å². The number of carbonyl (C=O) groups excluding carboxylic acids is 1. The maximum Gasteiger partial charge on any atom is 0.308 e. The third-order valence-corrected chi connectivity index (χ3v) is 4.37. The fourth-order valence-electron chi connectivity index (χ4n) is 2.75. The molecule has 1 saturated heterocycles. The van der Waals surface area contributed by atoms with Gasteiger partial charge in [0.2, 0.25) is 0 Å². The molecule has 1 fully saturated rings. The summed E-state index contributed by atoms with van der Waals surface area (Å²) < 4.78 is 0.944. The largest absolute Gasteiger partial charge is 0.481 e. The lowest BCUT2D eigenvalue weighted by molar-refractivity contribution is -0.143. The summed E-state index contributed by atoms with van der Waals surface area (Å²) in [4.78, 5) is 28.3. The Morgan fingerprint density at radius 3 is 2.90 bits per heavy atom. The van der Waals surface area contributed by atoms with Gasteiger partial charge >= 0.3 is 5.97 Å². The van der Waals surface area contributed by atoms with E-state index in [1.165, 1.54) is 0 Å². The molecule has 2 aromatic rings. The van der Waals surface area contributed by atoms with Crippen molar-refractivity contribution in [2.75, 3.05) is 13.1 Å². The van der Waals surface area contributed by atoms with Gasteiger partial charge in [-0.3, -0.25) is 9.59 Å². The van der Waals surface area contributed by atoms with E-state index in [2.05, 4.69) is 20.9 Å². The molecular formula is C15H15BrN2O3. The summed E-state index contributed by atoms with van der Waals surface area (Å²) in [5, 5.41) is 10.1. The van der Waals surface area contributed by atoms with Crippen LogP contribution in [0.25, 0.3) is 10.9 Å². The van der Waals surface area contributed by atoms with Crippen molar-refractivity contribution in [1.29, 1.82) is 0 Å². The zero-order chi connectivity index (χ0) is 15.0. The van der Waals surface area contributed by atoms with Crippen LogP contribution in [0.3, 0.4) is 0 Å². The van der Waals surface area contributed by atoms with Crippen LogP contribution in [-0.4, -0.2) is 40.0 Å². The number of amides is 1. The first-order chi connectivity index (χ1) is 10.0. The molecule has 6 heteroatoms. The summed E-state index contributed by atoms with van der Waals surface area (Å²) >= 11 is 3.40. The van der Waals surface area contributed by atoms with E-state index in [1.54, 1.807) is 4.90 Å². The van der Waals surface area contributed by atoms with Gasteiger partial charge in [-0.15, -0.1) is 0 Å². The first-order valence-electron chi connectivity index (χ1n) is 6.85. The molecule has 1 aliphatic heterocycles. The number of H-pyrrole nitrogens is 1. The Morgan fingerprint density at radius 1 is 1.33 bits per heavy atom. The van der Waals surface area contributed by atoms with Crippen LogP contribution in [0, 0.1) is 5.92 Å². The molecule has 0 aliphatic carbocycles. The topological polar surface area (TPSA) is 73.4 Å². The van der Waals surface area contributed by atoms with Gasteiger partial charge in [-0.1, -0.05) is 22.0 Å². The number of nitrogens with one attached hydrogen (secondary N) is 1. The molecular weight excluding hydrogens is 336 g/mol. The van der Waals surface area contributed by atoms with Gasteiger partial charge in [0, 0.05) is 28.5 Å². The second kappa shape index (κ2) is 5.52. The third-order valence-electron chi connectivity index (χ3n) is 3.87. The van der Waals surface area contributed by atoms with Gasteiger partial charge in [0.1, 0.15) is 5.69 Å². The highest BCUT2D eigenvalue weighted by molar-refractivity contribution is 9.10. The zero-order valence-corrected chi connectivity index (χ0v) is 12.9. The molecule has 1 aromatic heterocycles. The summed E-state index contributed by atoms with van der Waals surface area (Å²) in [6.45, 7) is 0.898. The zero-order valence-electron chi connectivity index (χ0n) is 11.3. The van der Waals surface area contributed by atoms with E-state index in [0.29, 0.717) is 18.7 Å². The predicted molar refractivity (Wildman–Crippen MR) is 82.3 cm³/mol. The standard InChI is InChI=1S/C15H15BrN2O3/c16-11-4-3-9-6-13(17-12(9)7-11)14(19)18-5-1-2-10(8-18)15(20)21/h3-4,6-7,10,17H,1-2,5,8H2,(H,20,21)/t10-/m1/s1. The van der Waals surface area contributed by atoms with Gasteiger partial charge in [-0.25, -0.2) is 0 Å². The van der Waals surface area contributed by atoms with Crippen LogP contribution in [0.5, 0.6) is 0 Å². The van der Waals surface area contributed by atoms with Gasteiger partial charge in [0.15, 0.2) is 0 Å². The number of carbonyl (C=O) groups is 2. The molecule has 2 heterocycles. The molecule has 0 bridgehead atoms. The number of aliphatic carboxylic acids is 1. The number of carboxylic acids is 1. The number of benzene rings is 1. The van der Waals surface area contributed by atoms with E-state index in [1.807, 2.05) is 24.3 Å². The summed E-state index contributed by atoms with van der Waals surface area (Å²) in [6.07, 6.45) is 1.37. The maximum absolute atomic E-state index is 12.5. The molecule has 3 rings (SSSR count). The lowest BCUT2D eigenvalue weighted by Crippen LogP contribution is -2.42. The molecule has 1 aromatic carbocycles. The number of piperidine rings is 1. The monoisotopic (exact) mass is 350 g/mol. The number of aromatic nitrogens is 1. The van der Waals surface area contributed by atoms with Crippen LogP contribution in [-0.2, 0) is 4.79 Å². The van der Waals surface area contributed by atoms with Crippen molar-refractivity contribution < 1.29 is 14.7 Å². The van der Waals surface area contributed by atoms with Crippen LogP contribution >= 0.6 is 15.9 Å². The average Bonchev–Trinajstić information content (AvgIpc) is 2.89. The van der Waals surface area contributed by atoms with Crippen LogP contribution in [0.15, 0.2) is 28.7 Å². The van der Waals surface area contributed by atoms with Crippen LogP contribution < -0.4 is 0 Å². The fraction of sp³-hybridized carbons (Fsp3) is 0.333. The van der Waals surface area contributed by atoms with Crippen molar-refractivity contribution in [3.8, 4) is 0 Å². The first kappa shape index (κ1) is 14.1. The summed E-state index contributed by atoms with van der Waals surface area (Å²) in [5.41, 5.74) is 1.40. The number of hydrogen-bond donors (Lipinski definition) is 2. The summed E-state index contributed by atoms with van der Waals surface area (Å²) in [7, 11) is 0. The third kappa shape index (κ3) is 2.81. The maximum atomic E-state index is 12.5. The number of aromatic amines is 1. The SMILES string of the molecule is O=C(O)[C@@H]1CCCN(C(=O)c2cc3ccc(Br)cc3[nH]2)C1. The van der Waals surface area contributed by atoms with Gasteiger partial charge in [0.25, 0.3) is 5.91 Å². The molecule has 0 unspecified atom stereocenters. The molecule has 0 spiro atoms. The summed E-state index contributed by atoms with van der Waals surface area (Å²) in [5.74, 6) is -1.41. The number of halogens is 1. The minimum atomic E-state index is -0.826. The lowest BCUT2D eigenvalue weighted by atomic mass is 9.98. The molecule has 1 amide bonds. The number of likely N-dealkylation sites (tertiary alicyclic amines) is 1. The van der Waals surface area contributed by atoms with E-state index in [4.69, 9.17) is 5.11 Å². The van der Waals surface area contributed by atoms with E-state index in [9.17, 15) is 9.59 Å². The molecule has 0 saturated carbocycles. The number of nitrogens with zero attached hydrogens (tertiary/aromatic N) is 1. The molecule has 110 valence electrons. The second-order valence-corrected chi connectivity index (χ2v) is 6.26. The minimum Gasteiger partial charge on any atom is -0.481 e. The van der Waals surface area contributed by atoms with Gasteiger partial charge in [-0.2, -0.15) is 0 Å². The van der Waals surface area contributed by atoms with Crippen molar-refractivity contribution in [3.05, 3.63) is 34.4 Å². The predicted octanol–water partition coefficient (Wildman–Crippen LogP) is 2.87. The second-order valence-electron chi connectivity index (χ2n) is 5.34. The van der Waals surface area contributed by atoms with E-state index < -0.39 is 11.9 Å². The average molecular weight is 351 g/mol. The summed E-state index contributed by atoms with van der Waals surface area (Å²) in [6, 6.07) is 7.59. The Labute approximate surface area is 130 Å². The number of hydrogen-bond acceptors (Lipinski definition) is 2. The highest BCUT2D eigenvalue weighted by atomic mass is 79.9.